The number of piperidine rings is 1. The predicted molar refractivity (Wildman–Crippen MR) is 93.2 cm³/mol. The number of nitrogens with zero attached hydrogens (tertiary/aromatic N) is 1. The summed E-state index contributed by atoms with van der Waals surface area (Å²) in [6.45, 7) is 4.48. The zero-order chi connectivity index (χ0) is 17.6. The van der Waals surface area contributed by atoms with E-state index in [9.17, 15) is 13.2 Å². The van der Waals surface area contributed by atoms with Crippen LogP contribution in [0.4, 0.5) is 0 Å². The van der Waals surface area contributed by atoms with Gasteiger partial charge in [-0.2, -0.15) is 4.31 Å². The highest BCUT2D eigenvalue weighted by Gasteiger charge is 2.38. The van der Waals surface area contributed by atoms with Gasteiger partial charge >= 0.3 is 5.97 Å². The lowest BCUT2D eigenvalue weighted by Crippen LogP contribution is -2.48. The molecule has 24 heavy (non-hydrogen) atoms. The summed E-state index contributed by atoms with van der Waals surface area (Å²) in [6.07, 6.45) is 5.27. The largest absolute Gasteiger partial charge is 0.465 e. The molecule has 0 spiro atoms. The molecule has 1 fully saturated rings. The van der Waals surface area contributed by atoms with Crippen LogP contribution >= 0.6 is 0 Å². The Hall–Kier alpha value is -1.40. The number of carbonyl (C=O) groups is 1. The first kappa shape index (κ1) is 18.9. The molecule has 0 saturated carbocycles. The highest BCUT2D eigenvalue weighted by atomic mass is 32.2. The molecule has 1 aliphatic heterocycles. The molecule has 1 heterocycles. The quantitative estimate of drug-likeness (QED) is 0.707. The number of hydrogen-bond donors (Lipinski definition) is 0. The summed E-state index contributed by atoms with van der Waals surface area (Å²) in [5.74, 6) is -0.444. The van der Waals surface area contributed by atoms with Crippen molar-refractivity contribution in [1.29, 1.82) is 0 Å². The Balaban J connectivity index is 2.21. The average Bonchev–Trinajstić information content (AvgIpc) is 2.60. The van der Waals surface area contributed by atoms with Crippen molar-refractivity contribution < 1.29 is 17.9 Å². The Bertz CT molecular complexity index is 639. The van der Waals surface area contributed by atoms with Gasteiger partial charge in [0.05, 0.1) is 11.5 Å². The van der Waals surface area contributed by atoms with Crippen LogP contribution in [0.3, 0.4) is 0 Å². The summed E-state index contributed by atoms with van der Waals surface area (Å²) in [5, 5.41) is 0. The van der Waals surface area contributed by atoms with Gasteiger partial charge < -0.3 is 4.74 Å². The van der Waals surface area contributed by atoms with Crippen LogP contribution in [0.25, 0.3) is 0 Å². The molecule has 0 bridgehead atoms. The molecule has 0 N–H and O–H groups in total. The van der Waals surface area contributed by atoms with E-state index in [1.165, 1.54) is 4.31 Å². The van der Waals surface area contributed by atoms with Crippen LogP contribution in [0.2, 0.25) is 0 Å². The van der Waals surface area contributed by atoms with E-state index in [1.807, 2.05) is 12.1 Å². The van der Waals surface area contributed by atoms with E-state index >= 15 is 0 Å². The van der Waals surface area contributed by atoms with Crippen LogP contribution < -0.4 is 0 Å². The van der Waals surface area contributed by atoms with Gasteiger partial charge in [0.1, 0.15) is 6.04 Å². The lowest BCUT2D eigenvalue weighted by Gasteiger charge is -2.32. The van der Waals surface area contributed by atoms with Crippen LogP contribution in [-0.2, 0) is 26.0 Å². The van der Waals surface area contributed by atoms with Crippen LogP contribution in [0.5, 0.6) is 0 Å². The highest BCUT2D eigenvalue weighted by Crippen LogP contribution is 2.26. The normalized spacial score (nSPS) is 19.2. The van der Waals surface area contributed by atoms with Crippen molar-refractivity contribution in [3.05, 3.63) is 29.8 Å². The van der Waals surface area contributed by atoms with Gasteiger partial charge in [-0.3, -0.25) is 4.79 Å². The molecule has 1 saturated heterocycles. The Labute approximate surface area is 145 Å². The molecular weight excluding hydrogens is 326 g/mol. The third-order valence-corrected chi connectivity index (χ3v) is 6.28. The SMILES string of the molecule is CCCCc1ccc(S(=O)(=O)N2CCCCC2C(=O)OCC)cc1. The molecule has 1 aliphatic rings. The molecule has 1 unspecified atom stereocenters. The van der Waals surface area contributed by atoms with Gasteiger partial charge in [-0.25, -0.2) is 8.42 Å². The van der Waals surface area contributed by atoms with Gasteiger partial charge in [0.15, 0.2) is 0 Å². The summed E-state index contributed by atoms with van der Waals surface area (Å²) in [7, 11) is -3.68. The molecule has 0 amide bonds. The van der Waals surface area contributed by atoms with Crippen molar-refractivity contribution in [3.8, 4) is 0 Å². The molecule has 1 aromatic rings. The zero-order valence-electron chi connectivity index (χ0n) is 14.5. The lowest BCUT2D eigenvalue weighted by atomic mass is 10.1. The number of sulfonamides is 1. The van der Waals surface area contributed by atoms with E-state index < -0.39 is 22.0 Å². The third-order valence-electron chi connectivity index (χ3n) is 4.36. The van der Waals surface area contributed by atoms with Gasteiger partial charge in [-0.05, 0) is 56.7 Å². The van der Waals surface area contributed by atoms with Crippen molar-refractivity contribution in [3.63, 3.8) is 0 Å². The monoisotopic (exact) mass is 353 g/mol. The molecular formula is C18H27NO4S. The summed E-state index contributed by atoms with van der Waals surface area (Å²) in [4.78, 5) is 12.4. The number of ether oxygens (including phenoxy) is 1. The Morgan fingerprint density at radius 3 is 2.54 bits per heavy atom. The van der Waals surface area contributed by atoms with Gasteiger partial charge in [-0.15, -0.1) is 0 Å². The molecule has 5 nitrogen and oxygen atoms in total. The van der Waals surface area contributed by atoms with Crippen molar-refractivity contribution >= 4 is 16.0 Å². The van der Waals surface area contributed by atoms with Gasteiger partial charge in [0.2, 0.25) is 10.0 Å². The number of aryl methyl sites for hydroxylation is 1. The van der Waals surface area contributed by atoms with Crippen molar-refractivity contribution in [2.45, 2.75) is 63.3 Å². The molecule has 6 heteroatoms. The van der Waals surface area contributed by atoms with Crippen LogP contribution in [0.15, 0.2) is 29.2 Å². The van der Waals surface area contributed by atoms with E-state index in [4.69, 9.17) is 4.74 Å². The summed E-state index contributed by atoms with van der Waals surface area (Å²) < 4.78 is 32.3. The fraction of sp³-hybridized carbons (Fsp3) is 0.611. The van der Waals surface area contributed by atoms with E-state index in [1.54, 1.807) is 19.1 Å². The smallest absolute Gasteiger partial charge is 0.324 e. The lowest BCUT2D eigenvalue weighted by molar-refractivity contribution is -0.148. The van der Waals surface area contributed by atoms with E-state index in [-0.39, 0.29) is 11.5 Å². The maximum atomic E-state index is 12.9. The molecule has 1 aromatic carbocycles. The Kier molecular flexibility index (Phi) is 6.80. The second-order valence-corrected chi connectivity index (χ2v) is 8.02. The van der Waals surface area contributed by atoms with E-state index in [0.717, 1.165) is 37.7 Å². The maximum absolute atomic E-state index is 12.9. The van der Waals surface area contributed by atoms with Crippen LogP contribution in [0.1, 0.15) is 51.5 Å². The van der Waals surface area contributed by atoms with Crippen molar-refractivity contribution in [2.75, 3.05) is 13.2 Å². The summed E-state index contributed by atoms with van der Waals surface area (Å²) >= 11 is 0. The third kappa shape index (κ3) is 4.36. The Morgan fingerprint density at radius 1 is 1.21 bits per heavy atom. The minimum Gasteiger partial charge on any atom is -0.465 e. The van der Waals surface area contributed by atoms with Crippen molar-refractivity contribution in [1.82, 2.24) is 4.31 Å². The predicted octanol–water partition coefficient (Wildman–Crippen LogP) is 3.14. The minimum absolute atomic E-state index is 0.249. The molecule has 134 valence electrons. The molecule has 0 aliphatic carbocycles. The number of unbranched alkanes of at least 4 members (excludes halogenated alkanes) is 1. The fourth-order valence-corrected chi connectivity index (χ4v) is 4.66. The molecule has 0 radical (unpaired) electrons. The first-order valence-electron chi connectivity index (χ1n) is 8.78. The molecule has 2 rings (SSSR count). The summed E-state index contributed by atoms with van der Waals surface area (Å²) in [5.41, 5.74) is 1.14. The van der Waals surface area contributed by atoms with E-state index in [2.05, 4.69) is 6.92 Å². The number of esters is 1. The first-order valence-corrected chi connectivity index (χ1v) is 10.2. The van der Waals surface area contributed by atoms with Gasteiger partial charge in [0, 0.05) is 6.54 Å². The van der Waals surface area contributed by atoms with Crippen LogP contribution in [-0.4, -0.2) is 37.9 Å². The average molecular weight is 353 g/mol. The van der Waals surface area contributed by atoms with Gasteiger partial charge in [0.25, 0.3) is 0 Å². The number of carbonyl (C=O) groups excluding carboxylic acids is 1. The maximum Gasteiger partial charge on any atom is 0.324 e. The van der Waals surface area contributed by atoms with E-state index in [0.29, 0.717) is 13.0 Å². The van der Waals surface area contributed by atoms with Gasteiger partial charge in [-0.1, -0.05) is 25.5 Å². The second-order valence-electron chi connectivity index (χ2n) is 6.13. The minimum atomic E-state index is -3.68. The Morgan fingerprint density at radius 2 is 1.92 bits per heavy atom. The van der Waals surface area contributed by atoms with Crippen LogP contribution in [0, 0.1) is 0 Å². The number of hydrogen-bond acceptors (Lipinski definition) is 4. The zero-order valence-corrected chi connectivity index (χ0v) is 15.3. The number of benzene rings is 1. The summed E-state index contributed by atoms with van der Waals surface area (Å²) in [6, 6.07) is 6.33. The highest BCUT2D eigenvalue weighted by molar-refractivity contribution is 7.89. The number of rotatable bonds is 7. The van der Waals surface area contributed by atoms with Crippen molar-refractivity contribution in [2.24, 2.45) is 0 Å². The topological polar surface area (TPSA) is 63.7 Å². The molecule has 0 aromatic heterocycles. The first-order chi connectivity index (χ1) is 11.5. The fourth-order valence-electron chi connectivity index (χ4n) is 3.01. The molecule has 1 atom stereocenters. The second kappa shape index (κ2) is 8.62. The standard InChI is InChI=1S/C18H27NO4S/c1-3-5-8-15-10-12-16(13-11-15)24(21,22)19-14-7-6-9-17(19)18(20)23-4-2/h10-13,17H,3-9,14H2,1-2H3.